The van der Waals surface area contributed by atoms with Gasteiger partial charge in [0.05, 0.1) is 6.54 Å². The van der Waals surface area contributed by atoms with E-state index in [1.54, 1.807) is 0 Å². The maximum Gasteiger partial charge on any atom is 0.150 e. The zero-order valence-corrected chi connectivity index (χ0v) is 10.6. The quantitative estimate of drug-likeness (QED) is 0.793. The number of ketones is 1. The Morgan fingerprint density at radius 2 is 1.65 bits per heavy atom. The average Bonchev–Trinajstić information content (AvgIpc) is 2.61. The number of rotatable bonds is 2. The second kappa shape index (κ2) is 3.57. The normalized spacial score (nSPS) is 52.4. The SMILES string of the molecule is O=C1CNCC1CC12CC3CC(CC(C3)C1)C2. The van der Waals surface area contributed by atoms with Crippen LogP contribution in [-0.2, 0) is 4.79 Å². The minimum Gasteiger partial charge on any atom is -0.309 e. The predicted molar refractivity (Wildman–Crippen MR) is 66.6 cm³/mol. The fourth-order valence-electron chi connectivity index (χ4n) is 5.88. The predicted octanol–water partition coefficient (Wildman–Crippen LogP) is 2.38. The van der Waals surface area contributed by atoms with Crippen LogP contribution in [0.1, 0.15) is 44.9 Å². The van der Waals surface area contributed by atoms with Gasteiger partial charge in [-0.2, -0.15) is 0 Å². The molecule has 94 valence electrons. The van der Waals surface area contributed by atoms with Crippen LogP contribution in [0.15, 0.2) is 0 Å². The van der Waals surface area contributed by atoms with Gasteiger partial charge in [-0.25, -0.2) is 0 Å². The zero-order chi connectivity index (χ0) is 11.5. The molecule has 5 aliphatic rings. The Balaban J connectivity index is 1.54. The van der Waals surface area contributed by atoms with Gasteiger partial charge in [-0.15, -0.1) is 0 Å². The molecule has 0 aromatic rings. The maximum absolute atomic E-state index is 11.8. The molecular formula is C15H23NO. The van der Waals surface area contributed by atoms with Crippen molar-refractivity contribution in [2.24, 2.45) is 29.1 Å². The molecule has 0 spiro atoms. The van der Waals surface area contributed by atoms with Gasteiger partial charge in [0, 0.05) is 12.5 Å². The molecule has 1 saturated heterocycles. The summed E-state index contributed by atoms with van der Waals surface area (Å²) in [6.07, 6.45) is 10.1. The van der Waals surface area contributed by atoms with Crippen molar-refractivity contribution in [2.75, 3.05) is 13.1 Å². The summed E-state index contributed by atoms with van der Waals surface area (Å²) in [5, 5.41) is 3.26. The summed E-state index contributed by atoms with van der Waals surface area (Å²) in [7, 11) is 0. The van der Waals surface area contributed by atoms with Crippen LogP contribution in [0.2, 0.25) is 0 Å². The van der Waals surface area contributed by atoms with Crippen LogP contribution in [0.3, 0.4) is 0 Å². The third-order valence-corrected chi connectivity index (χ3v) is 5.99. The summed E-state index contributed by atoms with van der Waals surface area (Å²) < 4.78 is 0. The van der Waals surface area contributed by atoms with Crippen LogP contribution in [0, 0.1) is 29.1 Å². The highest BCUT2D eigenvalue weighted by molar-refractivity contribution is 5.85. The maximum atomic E-state index is 11.8. The van der Waals surface area contributed by atoms with Gasteiger partial charge in [-0.05, 0) is 68.1 Å². The van der Waals surface area contributed by atoms with E-state index in [9.17, 15) is 4.79 Å². The van der Waals surface area contributed by atoms with Gasteiger partial charge in [0.1, 0.15) is 0 Å². The third-order valence-electron chi connectivity index (χ3n) is 5.99. The highest BCUT2D eigenvalue weighted by Gasteiger charge is 2.51. The molecule has 0 aromatic heterocycles. The Hall–Kier alpha value is -0.370. The van der Waals surface area contributed by atoms with Crippen molar-refractivity contribution in [3.63, 3.8) is 0 Å². The van der Waals surface area contributed by atoms with Crippen LogP contribution in [0.25, 0.3) is 0 Å². The molecule has 4 aliphatic carbocycles. The van der Waals surface area contributed by atoms with Crippen molar-refractivity contribution in [3.05, 3.63) is 0 Å². The first kappa shape index (κ1) is 10.5. The number of Topliss-reactive ketones (excluding diaryl/α,β-unsaturated/α-hetero) is 1. The molecule has 1 atom stereocenters. The highest BCUT2D eigenvalue weighted by Crippen LogP contribution is 2.62. The highest BCUT2D eigenvalue weighted by atomic mass is 16.1. The molecule has 2 heteroatoms. The lowest BCUT2D eigenvalue weighted by atomic mass is 9.48. The molecule has 1 aliphatic heterocycles. The number of carbonyl (C=O) groups excluding carboxylic acids is 1. The zero-order valence-electron chi connectivity index (χ0n) is 10.6. The molecule has 4 saturated carbocycles. The average molecular weight is 233 g/mol. The first-order valence-electron chi connectivity index (χ1n) is 7.46. The molecule has 0 amide bonds. The lowest BCUT2D eigenvalue weighted by molar-refractivity contribution is -0.123. The van der Waals surface area contributed by atoms with Crippen molar-refractivity contribution < 1.29 is 4.79 Å². The third kappa shape index (κ3) is 1.68. The fourth-order valence-corrected chi connectivity index (χ4v) is 5.88. The fraction of sp³-hybridized carbons (Fsp3) is 0.933. The van der Waals surface area contributed by atoms with Crippen molar-refractivity contribution in [2.45, 2.75) is 44.9 Å². The lowest BCUT2D eigenvalue weighted by Gasteiger charge is -2.57. The van der Waals surface area contributed by atoms with Gasteiger partial charge in [0.15, 0.2) is 5.78 Å². The number of hydrogen-bond donors (Lipinski definition) is 1. The number of nitrogens with one attached hydrogen (secondary N) is 1. The van der Waals surface area contributed by atoms with Gasteiger partial charge in [0.25, 0.3) is 0 Å². The Morgan fingerprint density at radius 1 is 1.06 bits per heavy atom. The van der Waals surface area contributed by atoms with Gasteiger partial charge >= 0.3 is 0 Å². The van der Waals surface area contributed by atoms with Gasteiger partial charge < -0.3 is 5.32 Å². The van der Waals surface area contributed by atoms with Crippen molar-refractivity contribution in [3.8, 4) is 0 Å². The summed E-state index contributed by atoms with van der Waals surface area (Å²) >= 11 is 0. The molecule has 1 unspecified atom stereocenters. The van der Waals surface area contributed by atoms with Crippen molar-refractivity contribution >= 4 is 5.78 Å². The van der Waals surface area contributed by atoms with E-state index < -0.39 is 0 Å². The van der Waals surface area contributed by atoms with Crippen LogP contribution in [0.4, 0.5) is 0 Å². The molecule has 0 radical (unpaired) electrons. The molecule has 5 rings (SSSR count). The second-order valence-corrected chi connectivity index (χ2v) is 7.42. The summed E-state index contributed by atoms with van der Waals surface area (Å²) in [4.78, 5) is 11.8. The molecule has 1 N–H and O–H groups in total. The minimum atomic E-state index is 0.353. The molecule has 5 fully saturated rings. The first-order valence-corrected chi connectivity index (χ1v) is 7.46. The monoisotopic (exact) mass is 233 g/mol. The summed E-state index contributed by atoms with van der Waals surface area (Å²) in [5.74, 6) is 3.90. The minimum absolute atomic E-state index is 0.353. The molecular weight excluding hydrogens is 210 g/mol. The van der Waals surface area contributed by atoms with Crippen molar-refractivity contribution in [1.82, 2.24) is 5.32 Å². The van der Waals surface area contributed by atoms with E-state index in [1.807, 2.05) is 0 Å². The standard InChI is InChI=1S/C15H23NO/c17-14-9-16-8-13(14)7-15-4-10-1-11(5-15)3-12(2-10)6-15/h10-13,16H,1-9H2. The van der Waals surface area contributed by atoms with Crippen LogP contribution >= 0.6 is 0 Å². The Bertz CT molecular complexity index is 314. The largest absolute Gasteiger partial charge is 0.309 e. The molecule has 4 bridgehead atoms. The summed E-state index contributed by atoms with van der Waals surface area (Å²) in [6.45, 7) is 1.59. The lowest BCUT2D eigenvalue weighted by Crippen LogP contribution is -2.47. The topological polar surface area (TPSA) is 29.1 Å². The molecule has 0 aromatic carbocycles. The molecule has 2 nitrogen and oxygen atoms in total. The summed E-state index contributed by atoms with van der Waals surface area (Å²) in [6, 6.07) is 0. The van der Waals surface area contributed by atoms with E-state index in [-0.39, 0.29) is 0 Å². The van der Waals surface area contributed by atoms with E-state index in [0.717, 1.165) is 24.3 Å². The van der Waals surface area contributed by atoms with E-state index >= 15 is 0 Å². The molecule has 1 heterocycles. The van der Waals surface area contributed by atoms with Crippen molar-refractivity contribution in [1.29, 1.82) is 0 Å². The number of hydrogen-bond acceptors (Lipinski definition) is 2. The smallest absolute Gasteiger partial charge is 0.150 e. The van der Waals surface area contributed by atoms with E-state index in [1.165, 1.54) is 44.9 Å². The second-order valence-electron chi connectivity index (χ2n) is 7.42. The van der Waals surface area contributed by atoms with Gasteiger partial charge in [-0.1, -0.05) is 0 Å². The Labute approximate surface area is 104 Å². The van der Waals surface area contributed by atoms with Gasteiger partial charge in [0.2, 0.25) is 0 Å². The Morgan fingerprint density at radius 3 is 2.12 bits per heavy atom. The Kier molecular flexibility index (Phi) is 2.21. The number of carbonyl (C=O) groups is 1. The molecule has 17 heavy (non-hydrogen) atoms. The van der Waals surface area contributed by atoms with Gasteiger partial charge in [-0.3, -0.25) is 4.79 Å². The van der Waals surface area contributed by atoms with E-state index in [0.29, 0.717) is 23.7 Å². The van der Waals surface area contributed by atoms with E-state index in [2.05, 4.69) is 5.32 Å². The summed E-state index contributed by atoms with van der Waals surface area (Å²) in [5.41, 5.74) is 0.584. The van der Waals surface area contributed by atoms with Crippen LogP contribution in [-0.4, -0.2) is 18.9 Å². The van der Waals surface area contributed by atoms with E-state index in [4.69, 9.17) is 0 Å². The first-order chi connectivity index (χ1) is 8.22. The van der Waals surface area contributed by atoms with Crippen LogP contribution in [0.5, 0.6) is 0 Å². The van der Waals surface area contributed by atoms with Crippen LogP contribution < -0.4 is 5.32 Å².